The summed E-state index contributed by atoms with van der Waals surface area (Å²) in [4.78, 5) is 11.1. The lowest BCUT2D eigenvalue weighted by Crippen LogP contribution is -2.15. The largest absolute Gasteiger partial charge is 0.496 e. The van der Waals surface area contributed by atoms with Gasteiger partial charge in [0.05, 0.1) is 13.0 Å². The highest BCUT2D eigenvalue weighted by Gasteiger charge is 2.18. The summed E-state index contributed by atoms with van der Waals surface area (Å²) in [7, 11) is 1.63. The van der Waals surface area contributed by atoms with Gasteiger partial charge in [-0.15, -0.1) is 0 Å². The molecule has 0 radical (unpaired) electrons. The first-order chi connectivity index (χ1) is 8.49. The summed E-state index contributed by atoms with van der Waals surface area (Å²) in [6.45, 7) is 6.15. The fourth-order valence-electron chi connectivity index (χ4n) is 1.96. The number of rotatable bonds is 6. The summed E-state index contributed by atoms with van der Waals surface area (Å²) in [6.07, 6.45) is 1.15. The van der Waals surface area contributed by atoms with Crippen LogP contribution in [0.15, 0.2) is 18.2 Å². The van der Waals surface area contributed by atoms with Crippen molar-refractivity contribution < 1.29 is 14.6 Å². The number of carbonyl (C=O) groups is 1. The topological polar surface area (TPSA) is 46.5 Å². The molecule has 0 aliphatic heterocycles. The quantitative estimate of drug-likeness (QED) is 0.840. The number of carboxylic acids is 1. The zero-order chi connectivity index (χ0) is 13.7. The van der Waals surface area contributed by atoms with Crippen LogP contribution < -0.4 is 4.74 Å². The van der Waals surface area contributed by atoms with Gasteiger partial charge in [-0.3, -0.25) is 4.79 Å². The third-order valence-corrected chi connectivity index (χ3v) is 3.29. The molecule has 0 bridgehead atoms. The number of benzene rings is 1. The van der Waals surface area contributed by atoms with Crippen LogP contribution in [-0.4, -0.2) is 18.2 Å². The Bertz CT molecular complexity index is 410. The molecule has 1 unspecified atom stereocenters. The number of methoxy groups -OCH3 is 1. The molecule has 18 heavy (non-hydrogen) atoms. The molecular formula is C15H22O3. The van der Waals surface area contributed by atoms with Crippen molar-refractivity contribution >= 4 is 5.97 Å². The molecule has 3 heteroatoms. The Balaban J connectivity index is 2.98. The second-order valence-electron chi connectivity index (χ2n) is 4.87. The Labute approximate surface area is 109 Å². The predicted octanol–water partition coefficient (Wildman–Crippen LogP) is 3.47. The molecular weight excluding hydrogens is 228 g/mol. The van der Waals surface area contributed by atoms with Crippen molar-refractivity contribution in [1.29, 1.82) is 0 Å². The van der Waals surface area contributed by atoms with E-state index in [1.54, 1.807) is 7.11 Å². The fraction of sp³-hybridized carbons (Fsp3) is 0.533. The van der Waals surface area contributed by atoms with Gasteiger partial charge in [0, 0.05) is 0 Å². The van der Waals surface area contributed by atoms with Crippen LogP contribution >= 0.6 is 0 Å². The second-order valence-corrected chi connectivity index (χ2v) is 4.87. The van der Waals surface area contributed by atoms with Crippen LogP contribution in [0.2, 0.25) is 0 Å². The number of carboxylic acid groups (broad SMARTS) is 1. The number of hydrogen-bond acceptors (Lipinski definition) is 2. The van der Waals surface area contributed by atoms with Crippen LogP contribution in [-0.2, 0) is 11.2 Å². The van der Waals surface area contributed by atoms with Crippen LogP contribution in [0.4, 0.5) is 0 Å². The van der Waals surface area contributed by atoms with Gasteiger partial charge in [-0.2, -0.15) is 0 Å². The molecule has 0 aromatic heterocycles. The maximum absolute atomic E-state index is 11.1. The normalized spacial score (nSPS) is 12.5. The Morgan fingerprint density at radius 2 is 2.06 bits per heavy atom. The summed E-state index contributed by atoms with van der Waals surface area (Å²) in [5.74, 6) is 0.145. The Kier molecular flexibility index (Phi) is 5.20. The van der Waals surface area contributed by atoms with Crippen molar-refractivity contribution in [3.8, 4) is 5.75 Å². The number of ether oxygens (including phenoxy) is 1. The molecule has 1 N–H and O–H groups in total. The standard InChI is InChI=1S/C15H22O3/c1-5-11(15(16)17)8-13-7-6-12(10(2)3)9-14(13)18-4/h6-7,9-11H,5,8H2,1-4H3,(H,16,17). The average molecular weight is 250 g/mol. The van der Waals surface area contributed by atoms with Gasteiger partial charge in [-0.1, -0.05) is 32.9 Å². The maximum Gasteiger partial charge on any atom is 0.306 e. The van der Waals surface area contributed by atoms with Crippen molar-refractivity contribution in [1.82, 2.24) is 0 Å². The first kappa shape index (κ1) is 14.6. The van der Waals surface area contributed by atoms with E-state index in [9.17, 15) is 4.79 Å². The lowest BCUT2D eigenvalue weighted by molar-refractivity contribution is -0.141. The van der Waals surface area contributed by atoms with E-state index in [2.05, 4.69) is 19.9 Å². The zero-order valence-corrected chi connectivity index (χ0v) is 11.6. The molecule has 1 rings (SSSR count). The van der Waals surface area contributed by atoms with Gasteiger partial charge in [0.25, 0.3) is 0 Å². The third kappa shape index (κ3) is 3.49. The monoisotopic (exact) mass is 250 g/mol. The lowest BCUT2D eigenvalue weighted by atomic mass is 9.94. The summed E-state index contributed by atoms with van der Waals surface area (Å²) < 4.78 is 5.37. The van der Waals surface area contributed by atoms with E-state index in [0.29, 0.717) is 18.8 Å². The molecule has 3 nitrogen and oxygen atoms in total. The average Bonchev–Trinajstić information content (AvgIpc) is 2.35. The van der Waals surface area contributed by atoms with E-state index < -0.39 is 5.97 Å². The SMILES string of the molecule is CCC(Cc1ccc(C(C)C)cc1OC)C(=O)O. The van der Waals surface area contributed by atoms with Crippen LogP contribution in [0.1, 0.15) is 44.2 Å². The molecule has 0 spiro atoms. The molecule has 1 aromatic carbocycles. The smallest absolute Gasteiger partial charge is 0.306 e. The molecule has 0 fully saturated rings. The first-order valence-electron chi connectivity index (χ1n) is 6.39. The highest BCUT2D eigenvalue weighted by atomic mass is 16.5. The maximum atomic E-state index is 11.1. The fourth-order valence-corrected chi connectivity index (χ4v) is 1.96. The second kappa shape index (κ2) is 6.43. The predicted molar refractivity (Wildman–Crippen MR) is 72.2 cm³/mol. The van der Waals surface area contributed by atoms with Gasteiger partial charge in [0.1, 0.15) is 5.75 Å². The summed E-state index contributed by atoms with van der Waals surface area (Å²) >= 11 is 0. The molecule has 0 amide bonds. The molecule has 100 valence electrons. The Hall–Kier alpha value is -1.51. The van der Waals surface area contributed by atoms with Gasteiger partial charge in [-0.25, -0.2) is 0 Å². The highest BCUT2D eigenvalue weighted by molar-refractivity contribution is 5.70. The van der Waals surface area contributed by atoms with Crippen molar-refractivity contribution in [2.24, 2.45) is 5.92 Å². The van der Waals surface area contributed by atoms with E-state index in [-0.39, 0.29) is 5.92 Å². The summed E-state index contributed by atoms with van der Waals surface area (Å²) in [6, 6.07) is 6.05. The lowest BCUT2D eigenvalue weighted by Gasteiger charge is -2.15. The van der Waals surface area contributed by atoms with Crippen LogP contribution in [0, 0.1) is 5.92 Å². The van der Waals surface area contributed by atoms with Crippen LogP contribution in [0.5, 0.6) is 5.75 Å². The molecule has 0 saturated carbocycles. The minimum atomic E-state index is -0.743. The number of aliphatic carboxylic acids is 1. The van der Waals surface area contributed by atoms with Gasteiger partial charge in [0.15, 0.2) is 0 Å². The van der Waals surface area contributed by atoms with Gasteiger partial charge in [-0.05, 0) is 36.0 Å². The molecule has 1 aromatic rings. The van der Waals surface area contributed by atoms with Gasteiger partial charge >= 0.3 is 5.97 Å². The molecule has 0 aliphatic rings. The minimum absolute atomic E-state index is 0.344. The van der Waals surface area contributed by atoms with E-state index in [1.165, 1.54) is 5.56 Å². The Morgan fingerprint density at radius 3 is 2.50 bits per heavy atom. The van der Waals surface area contributed by atoms with Crippen molar-refractivity contribution in [3.05, 3.63) is 29.3 Å². The van der Waals surface area contributed by atoms with Crippen LogP contribution in [0.3, 0.4) is 0 Å². The zero-order valence-electron chi connectivity index (χ0n) is 11.6. The molecule has 0 saturated heterocycles. The van der Waals surface area contributed by atoms with Crippen LogP contribution in [0.25, 0.3) is 0 Å². The first-order valence-corrected chi connectivity index (χ1v) is 6.39. The van der Waals surface area contributed by atoms with Crippen molar-refractivity contribution in [2.45, 2.75) is 39.5 Å². The minimum Gasteiger partial charge on any atom is -0.496 e. The third-order valence-electron chi connectivity index (χ3n) is 3.29. The Morgan fingerprint density at radius 1 is 1.39 bits per heavy atom. The van der Waals surface area contributed by atoms with Crippen molar-refractivity contribution in [2.75, 3.05) is 7.11 Å². The summed E-state index contributed by atoms with van der Waals surface area (Å²) in [5.41, 5.74) is 2.18. The number of hydrogen-bond donors (Lipinski definition) is 1. The van der Waals surface area contributed by atoms with E-state index >= 15 is 0 Å². The molecule has 1 atom stereocenters. The van der Waals surface area contributed by atoms with Crippen molar-refractivity contribution in [3.63, 3.8) is 0 Å². The van der Waals surface area contributed by atoms with E-state index in [1.807, 2.05) is 19.1 Å². The summed E-state index contributed by atoms with van der Waals surface area (Å²) in [5, 5.41) is 9.10. The molecule has 0 heterocycles. The highest BCUT2D eigenvalue weighted by Crippen LogP contribution is 2.27. The van der Waals surface area contributed by atoms with E-state index in [4.69, 9.17) is 9.84 Å². The molecule has 0 aliphatic carbocycles. The van der Waals surface area contributed by atoms with Gasteiger partial charge in [0.2, 0.25) is 0 Å². The van der Waals surface area contributed by atoms with E-state index in [0.717, 1.165) is 11.3 Å². The van der Waals surface area contributed by atoms with Gasteiger partial charge < -0.3 is 9.84 Å².